The van der Waals surface area contributed by atoms with E-state index in [4.69, 9.17) is 0 Å². The van der Waals surface area contributed by atoms with Gasteiger partial charge in [-0.25, -0.2) is 4.98 Å². The number of hydrogen-bond acceptors (Lipinski definition) is 5. The van der Waals surface area contributed by atoms with E-state index in [1.54, 1.807) is 18.4 Å². The molecule has 0 fully saturated rings. The Morgan fingerprint density at radius 2 is 2.04 bits per heavy atom. The summed E-state index contributed by atoms with van der Waals surface area (Å²) in [5.41, 5.74) is 1.07. The number of hydrogen-bond donors (Lipinski definition) is 3. The second-order valence-corrected chi connectivity index (χ2v) is 7.42. The molecule has 2 rings (SSSR count). The molecule has 0 aliphatic carbocycles. The third kappa shape index (κ3) is 5.61. The lowest BCUT2D eigenvalue weighted by atomic mass is 10.4. The number of amides is 1. The molecule has 8 heteroatoms. The van der Waals surface area contributed by atoms with Crippen molar-refractivity contribution in [3.05, 3.63) is 38.0 Å². The molecular weight excluding hydrogens is 342 g/mol. The number of thiazole rings is 1. The molecule has 24 heavy (non-hydrogen) atoms. The second kappa shape index (κ2) is 9.39. The molecule has 3 N–H and O–H groups in total. The number of aromatic nitrogens is 1. The average molecular weight is 366 g/mol. The van der Waals surface area contributed by atoms with Gasteiger partial charge >= 0.3 is 0 Å². The molecule has 0 atom stereocenters. The number of rotatable bonds is 7. The fourth-order valence-electron chi connectivity index (χ4n) is 2.11. The molecule has 0 unspecified atom stereocenters. The maximum atomic E-state index is 11.8. The number of thiophene rings is 1. The lowest BCUT2D eigenvalue weighted by Gasteiger charge is -2.11. The number of nitrogens with zero attached hydrogens (tertiary/aromatic N) is 2. The van der Waals surface area contributed by atoms with Crippen LogP contribution in [0.25, 0.3) is 0 Å². The van der Waals surface area contributed by atoms with E-state index in [0.717, 1.165) is 34.5 Å². The zero-order chi connectivity index (χ0) is 17.4. The Kier molecular flexibility index (Phi) is 7.20. The standard InChI is InChI=1S/C16H23N5OS2/c1-11-14(24-12(2)21-11)10-20-16(17-3)19-8-5-7-18-15(22)13-6-4-9-23-13/h4,6,9H,5,7-8,10H2,1-3H3,(H,18,22)(H2,17,19,20). The van der Waals surface area contributed by atoms with Crippen LogP contribution in [0.5, 0.6) is 0 Å². The summed E-state index contributed by atoms with van der Waals surface area (Å²) < 4.78 is 0. The van der Waals surface area contributed by atoms with E-state index in [9.17, 15) is 4.79 Å². The maximum absolute atomic E-state index is 11.8. The fraction of sp³-hybridized carbons (Fsp3) is 0.438. The van der Waals surface area contributed by atoms with Gasteiger partial charge in [0.05, 0.1) is 22.1 Å². The van der Waals surface area contributed by atoms with Crippen molar-refractivity contribution in [3.8, 4) is 0 Å². The molecule has 0 saturated heterocycles. The summed E-state index contributed by atoms with van der Waals surface area (Å²) in [6, 6.07) is 3.70. The van der Waals surface area contributed by atoms with Crippen molar-refractivity contribution in [1.29, 1.82) is 0 Å². The van der Waals surface area contributed by atoms with Crippen LogP contribution in [-0.2, 0) is 6.54 Å². The molecule has 0 saturated carbocycles. The average Bonchev–Trinajstić information content (AvgIpc) is 3.19. The van der Waals surface area contributed by atoms with Gasteiger partial charge < -0.3 is 16.0 Å². The first-order chi connectivity index (χ1) is 11.6. The van der Waals surface area contributed by atoms with Gasteiger partial charge in [0.15, 0.2) is 5.96 Å². The summed E-state index contributed by atoms with van der Waals surface area (Å²) in [4.78, 5) is 22.4. The van der Waals surface area contributed by atoms with Crippen LogP contribution in [0.15, 0.2) is 22.5 Å². The Bertz CT molecular complexity index is 679. The molecule has 130 valence electrons. The number of carbonyl (C=O) groups is 1. The van der Waals surface area contributed by atoms with Gasteiger partial charge in [0.2, 0.25) is 0 Å². The number of carbonyl (C=O) groups excluding carboxylic acids is 1. The molecule has 0 aliphatic heterocycles. The van der Waals surface area contributed by atoms with Gasteiger partial charge in [-0.1, -0.05) is 6.07 Å². The summed E-state index contributed by atoms with van der Waals surface area (Å²) in [7, 11) is 1.75. The Labute approximate surface area is 150 Å². The van der Waals surface area contributed by atoms with Crippen LogP contribution in [0.4, 0.5) is 0 Å². The zero-order valence-corrected chi connectivity index (χ0v) is 15.8. The largest absolute Gasteiger partial charge is 0.356 e. The highest BCUT2D eigenvalue weighted by Gasteiger charge is 2.06. The van der Waals surface area contributed by atoms with Crippen LogP contribution < -0.4 is 16.0 Å². The van der Waals surface area contributed by atoms with Crippen LogP contribution in [0.1, 0.15) is 31.7 Å². The lowest BCUT2D eigenvalue weighted by Crippen LogP contribution is -2.38. The molecule has 2 aromatic heterocycles. The second-order valence-electron chi connectivity index (χ2n) is 5.18. The van der Waals surface area contributed by atoms with Gasteiger partial charge in [0.25, 0.3) is 5.91 Å². The fourth-order valence-corrected chi connectivity index (χ4v) is 3.63. The minimum atomic E-state index is -0.0106. The smallest absolute Gasteiger partial charge is 0.261 e. The summed E-state index contributed by atoms with van der Waals surface area (Å²) >= 11 is 3.15. The van der Waals surface area contributed by atoms with Crippen LogP contribution >= 0.6 is 22.7 Å². The number of aliphatic imine (C=N–C) groups is 1. The normalized spacial score (nSPS) is 11.4. The maximum Gasteiger partial charge on any atom is 0.261 e. The Hall–Kier alpha value is -1.93. The third-order valence-corrected chi connectivity index (χ3v) is 5.26. The van der Waals surface area contributed by atoms with E-state index >= 15 is 0 Å². The van der Waals surface area contributed by atoms with Gasteiger partial charge in [-0.3, -0.25) is 9.79 Å². The molecular formula is C16H23N5OS2. The summed E-state index contributed by atoms with van der Waals surface area (Å²) in [6.45, 7) is 6.12. The van der Waals surface area contributed by atoms with Crippen molar-refractivity contribution in [3.63, 3.8) is 0 Å². The van der Waals surface area contributed by atoms with Gasteiger partial charge in [-0.05, 0) is 31.7 Å². The van der Waals surface area contributed by atoms with Crippen molar-refractivity contribution in [2.45, 2.75) is 26.8 Å². The highest BCUT2D eigenvalue weighted by molar-refractivity contribution is 7.12. The van der Waals surface area contributed by atoms with Crippen molar-refractivity contribution < 1.29 is 4.79 Å². The Morgan fingerprint density at radius 1 is 1.25 bits per heavy atom. The molecule has 0 aliphatic rings. The van der Waals surface area contributed by atoms with Crippen molar-refractivity contribution in [2.75, 3.05) is 20.1 Å². The van der Waals surface area contributed by atoms with Gasteiger partial charge in [-0.15, -0.1) is 22.7 Å². The van der Waals surface area contributed by atoms with Crippen LogP contribution in [-0.4, -0.2) is 37.0 Å². The van der Waals surface area contributed by atoms with E-state index in [2.05, 4.69) is 25.9 Å². The van der Waals surface area contributed by atoms with Crippen molar-refractivity contribution in [1.82, 2.24) is 20.9 Å². The minimum absolute atomic E-state index is 0.0106. The number of guanidine groups is 1. The minimum Gasteiger partial charge on any atom is -0.356 e. The molecule has 1 amide bonds. The van der Waals surface area contributed by atoms with E-state index in [1.807, 2.05) is 31.4 Å². The van der Waals surface area contributed by atoms with E-state index < -0.39 is 0 Å². The van der Waals surface area contributed by atoms with Crippen LogP contribution in [0, 0.1) is 13.8 Å². The first kappa shape index (κ1) is 18.4. The van der Waals surface area contributed by atoms with Gasteiger partial charge in [0, 0.05) is 25.0 Å². The Morgan fingerprint density at radius 3 is 2.67 bits per heavy atom. The molecule has 0 radical (unpaired) electrons. The SMILES string of the molecule is CN=C(NCCCNC(=O)c1cccs1)NCc1sc(C)nc1C. The molecule has 2 aromatic rings. The van der Waals surface area contributed by atoms with Gasteiger partial charge in [0.1, 0.15) is 0 Å². The van der Waals surface area contributed by atoms with Crippen LogP contribution in [0.3, 0.4) is 0 Å². The number of nitrogens with one attached hydrogen (secondary N) is 3. The molecule has 0 spiro atoms. The van der Waals surface area contributed by atoms with Gasteiger partial charge in [-0.2, -0.15) is 0 Å². The van der Waals surface area contributed by atoms with E-state index in [-0.39, 0.29) is 5.91 Å². The predicted octanol–water partition coefficient (Wildman–Crippen LogP) is 2.31. The highest BCUT2D eigenvalue weighted by atomic mass is 32.1. The van der Waals surface area contributed by atoms with Crippen molar-refractivity contribution >= 4 is 34.5 Å². The zero-order valence-electron chi connectivity index (χ0n) is 14.2. The van der Waals surface area contributed by atoms with Crippen molar-refractivity contribution in [2.24, 2.45) is 4.99 Å². The Balaban J connectivity index is 1.63. The topological polar surface area (TPSA) is 78.4 Å². The molecule has 6 nitrogen and oxygen atoms in total. The van der Waals surface area contributed by atoms with E-state index in [1.165, 1.54) is 16.2 Å². The quantitative estimate of drug-likeness (QED) is 0.400. The summed E-state index contributed by atoms with van der Waals surface area (Å²) in [6.07, 6.45) is 0.830. The molecule has 0 bridgehead atoms. The van der Waals surface area contributed by atoms with Crippen LogP contribution in [0.2, 0.25) is 0 Å². The third-order valence-electron chi connectivity index (χ3n) is 3.32. The number of aryl methyl sites for hydroxylation is 2. The monoisotopic (exact) mass is 365 g/mol. The summed E-state index contributed by atoms with van der Waals surface area (Å²) in [5.74, 6) is 0.744. The molecule has 0 aromatic carbocycles. The lowest BCUT2D eigenvalue weighted by molar-refractivity contribution is 0.0957. The summed E-state index contributed by atoms with van der Waals surface area (Å²) in [5, 5.41) is 12.4. The predicted molar refractivity (Wildman–Crippen MR) is 101 cm³/mol. The first-order valence-electron chi connectivity index (χ1n) is 7.79. The highest BCUT2D eigenvalue weighted by Crippen LogP contribution is 2.16. The van der Waals surface area contributed by atoms with E-state index in [0.29, 0.717) is 13.1 Å². The first-order valence-corrected chi connectivity index (χ1v) is 9.49. The molecule has 2 heterocycles.